The first-order chi connectivity index (χ1) is 18.1. The topological polar surface area (TPSA) is 92.6 Å². The van der Waals surface area contributed by atoms with Crippen molar-refractivity contribution in [2.45, 2.75) is 19.0 Å². The molecule has 9 heteroatoms. The first-order valence-electron chi connectivity index (χ1n) is 11.8. The summed E-state index contributed by atoms with van der Waals surface area (Å²) in [5.41, 5.74) is 3.38. The number of nitrogens with one attached hydrogen (secondary N) is 1. The van der Waals surface area contributed by atoms with E-state index in [1.165, 1.54) is 11.8 Å². The zero-order chi connectivity index (χ0) is 25.8. The van der Waals surface area contributed by atoms with Crippen molar-refractivity contribution in [3.63, 3.8) is 0 Å². The van der Waals surface area contributed by atoms with Crippen molar-refractivity contribution in [1.82, 2.24) is 10.2 Å². The summed E-state index contributed by atoms with van der Waals surface area (Å²) in [6, 6.07) is 22.4. The minimum atomic E-state index is -0.538. The molecule has 0 fully saturated rings. The molecule has 0 saturated carbocycles. The first-order valence-corrected chi connectivity index (χ1v) is 12.8. The molecule has 2 amide bonds. The van der Waals surface area contributed by atoms with Gasteiger partial charge in [0.25, 0.3) is 5.91 Å². The van der Waals surface area contributed by atoms with Crippen LogP contribution in [0.3, 0.4) is 0 Å². The Bertz CT molecular complexity index is 1390. The van der Waals surface area contributed by atoms with E-state index in [9.17, 15) is 9.59 Å². The molecule has 0 spiro atoms. The highest BCUT2D eigenvalue weighted by atomic mass is 32.2. The van der Waals surface area contributed by atoms with Crippen LogP contribution in [0.25, 0.3) is 0 Å². The lowest BCUT2D eigenvalue weighted by atomic mass is 10.1. The Labute approximate surface area is 219 Å². The fourth-order valence-corrected chi connectivity index (χ4v) is 5.17. The normalized spacial score (nSPS) is 15.9. The third-order valence-corrected chi connectivity index (χ3v) is 7.05. The van der Waals surface area contributed by atoms with Crippen LogP contribution in [-0.2, 0) is 22.6 Å². The average molecular weight is 515 g/mol. The maximum atomic E-state index is 13.4. The predicted molar refractivity (Wildman–Crippen MR) is 145 cm³/mol. The van der Waals surface area contributed by atoms with Crippen molar-refractivity contribution < 1.29 is 19.1 Å². The van der Waals surface area contributed by atoms with Gasteiger partial charge in [0.2, 0.25) is 5.91 Å². The van der Waals surface area contributed by atoms with E-state index in [0.29, 0.717) is 28.9 Å². The summed E-state index contributed by atoms with van der Waals surface area (Å²) in [5.74, 6) is 1.53. The lowest BCUT2D eigenvalue weighted by Gasteiger charge is -2.25. The lowest BCUT2D eigenvalue weighted by molar-refractivity contribution is -0.124. The summed E-state index contributed by atoms with van der Waals surface area (Å²) in [7, 11) is 3.14. The number of methoxy groups -OCH3 is 2. The van der Waals surface area contributed by atoms with Gasteiger partial charge in [0.15, 0.2) is 16.7 Å². The molecular weight excluding hydrogens is 488 g/mol. The van der Waals surface area contributed by atoms with Crippen molar-refractivity contribution in [2.75, 3.05) is 20.0 Å². The number of carbonyl (C=O) groups excluding carboxylic acids is 2. The van der Waals surface area contributed by atoms with Gasteiger partial charge < -0.3 is 14.8 Å². The molecule has 0 aliphatic carbocycles. The van der Waals surface area contributed by atoms with Gasteiger partial charge in [-0.2, -0.15) is 0 Å². The van der Waals surface area contributed by atoms with Crippen LogP contribution in [0.15, 0.2) is 82.8 Å². The molecule has 0 bridgehead atoms. The molecule has 2 aliphatic rings. The van der Waals surface area contributed by atoms with Crippen LogP contribution in [0.1, 0.15) is 16.7 Å². The van der Waals surface area contributed by atoms with E-state index < -0.39 is 6.04 Å². The van der Waals surface area contributed by atoms with Crippen LogP contribution in [0.5, 0.6) is 11.5 Å². The zero-order valence-electron chi connectivity index (χ0n) is 20.5. The number of hydrogen-bond acceptors (Lipinski definition) is 7. The summed E-state index contributed by atoms with van der Waals surface area (Å²) in [6.45, 7) is 0.281. The van der Waals surface area contributed by atoms with E-state index in [2.05, 4.69) is 5.32 Å². The van der Waals surface area contributed by atoms with E-state index >= 15 is 0 Å². The standard InChI is InChI=1S/C28H26N4O4S/c1-35-23-14-8-11-19(25(23)36-2)16-29-24(33)17-37-28-31-21-13-7-6-12-20(21)26-30-22(27(34)32(26)28)15-18-9-4-3-5-10-18/h3-14,22H,15-17H2,1-2H3,(H,29,33). The monoisotopic (exact) mass is 514 g/mol. The number of amidine groups is 2. The number of aliphatic imine (C=N–C) groups is 2. The number of thioether (sulfide) groups is 1. The molecule has 1 unspecified atom stereocenters. The number of nitrogens with zero attached hydrogens (tertiary/aromatic N) is 3. The molecule has 37 heavy (non-hydrogen) atoms. The lowest BCUT2D eigenvalue weighted by Crippen LogP contribution is -2.42. The Hall–Kier alpha value is -4.11. The van der Waals surface area contributed by atoms with Crippen LogP contribution in [0.4, 0.5) is 5.69 Å². The summed E-state index contributed by atoms with van der Waals surface area (Å²) < 4.78 is 10.8. The molecule has 0 aromatic heterocycles. The Balaban J connectivity index is 1.30. The molecule has 2 aliphatic heterocycles. The maximum absolute atomic E-state index is 13.4. The van der Waals surface area contributed by atoms with Crippen LogP contribution < -0.4 is 14.8 Å². The SMILES string of the molecule is COc1cccc(CNC(=O)CSC2=Nc3ccccc3C3=NC(Cc4ccccc4)C(=O)N23)c1OC. The minimum Gasteiger partial charge on any atom is -0.493 e. The molecule has 1 N–H and O–H groups in total. The van der Waals surface area contributed by atoms with Gasteiger partial charge in [0.05, 0.1) is 25.7 Å². The van der Waals surface area contributed by atoms with Gasteiger partial charge in [-0.3, -0.25) is 14.6 Å². The molecule has 2 heterocycles. The van der Waals surface area contributed by atoms with Crippen molar-refractivity contribution in [3.05, 3.63) is 89.5 Å². The highest BCUT2D eigenvalue weighted by molar-refractivity contribution is 8.14. The fraction of sp³-hybridized carbons (Fsp3) is 0.214. The Kier molecular flexibility index (Phi) is 7.23. The number of carbonyl (C=O) groups is 2. The first kappa shape index (κ1) is 24.6. The third-order valence-electron chi connectivity index (χ3n) is 6.11. The Morgan fingerprint density at radius 2 is 1.78 bits per heavy atom. The molecule has 0 saturated heterocycles. The van der Waals surface area contributed by atoms with Gasteiger partial charge in [-0.15, -0.1) is 0 Å². The van der Waals surface area contributed by atoms with Crippen molar-refractivity contribution in [3.8, 4) is 11.5 Å². The van der Waals surface area contributed by atoms with Gasteiger partial charge in [-0.05, 0) is 23.8 Å². The fourth-order valence-electron chi connectivity index (χ4n) is 4.34. The number of rotatable bonds is 8. The number of ether oxygens (including phenoxy) is 2. The minimum absolute atomic E-state index is 0.0910. The van der Waals surface area contributed by atoms with Gasteiger partial charge in [0.1, 0.15) is 11.9 Å². The van der Waals surface area contributed by atoms with Gasteiger partial charge in [-0.25, -0.2) is 9.89 Å². The average Bonchev–Trinajstić information content (AvgIpc) is 3.26. The van der Waals surface area contributed by atoms with Crippen LogP contribution >= 0.6 is 11.8 Å². The second-order valence-electron chi connectivity index (χ2n) is 8.46. The van der Waals surface area contributed by atoms with Gasteiger partial charge in [-0.1, -0.05) is 66.4 Å². The Morgan fingerprint density at radius 3 is 2.57 bits per heavy atom. The van der Waals surface area contributed by atoms with E-state index in [-0.39, 0.29) is 24.1 Å². The van der Waals surface area contributed by atoms with E-state index in [1.54, 1.807) is 25.2 Å². The van der Waals surface area contributed by atoms with Crippen molar-refractivity contribution >= 4 is 40.3 Å². The van der Waals surface area contributed by atoms with Crippen molar-refractivity contribution in [1.29, 1.82) is 0 Å². The summed E-state index contributed by atoms with van der Waals surface area (Å²) >= 11 is 1.22. The Morgan fingerprint density at radius 1 is 1.00 bits per heavy atom. The molecule has 8 nitrogen and oxygen atoms in total. The molecule has 0 radical (unpaired) electrons. The molecular formula is C28H26N4O4S. The third kappa shape index (κ3) is 5.08. The van der Waals surface area contributed by atoms with E-state index in [0.717, 1.165) is 22.4 Å². The van der Waals surface area contributed by atoms with Crippen LogP contribution in [0.2, 0.25) is 0 Å². The van der Waals surface area contributed by atoms with Crippen LogP contribution in [-0.4, -0.2) is 53.7 Å². The second-order valence-corrected chi connectivity index (χ2v) is 9.40. The predicted octanol–water partition coefficient (Wildman–Crippen LogP) is 3.95. The number of benzene rings is 3. The molecule has 1 atom stereocenters. The number of amides is 2. The van der Waals surface area contributed by atoms with Crippen LogP contribution in [0, 0.1) is 0 Å². The number of fused-ring (bicyclic) bond motifs is 3. The molecule has 188 valence electrons. The van der Waals surface area contributed by atoms with Gasteiger partial charge in [0, 0.05) is 24.1 Å². The zero-order valence-corrected chi connectivity index (χ0v) is 21.3. The molecule has 3 aromatic rings. The molecule has 3 aromatic carbocycles. The smallest absolute Gasteiger partial charge is 0.259 e. The summed E-state index contributed by atoms with van der Waals surface area (Å²) in [4.78, 5) is 37.2. The van der Waals surface area contributed by atoms with E-state index in [4.69, 9.17) is 19.5 Å². The number of hydrogen-bond donors (Lipinski definition) is 1. The van der Waals surface area contributed by atoms with E-state index in [1.807, 2.05) is 66.7 Å². The maximum Gasteiger partial charge on any atom is 0.259 e. The quantitative estimate of drug-likeness (QED) is 0.491. The summed E-state index contributed by atoms with van der Waals surface area (Å²) in [5, 5.41) is 3.36. The van der Waals surface area contributed by atoms with Crippen molar-refractivity contribution in [2.24, 2.45) is 9.98 Å². The highest BCUT2D eigenvalue weighted by Crippen LogP contribution is 2.34. The second kappa shape index (κ2) is 10.9. The number of para-hydroxylation sites is 2. The largest absolute Gasteiger partial charge is 0.493 e. The van der Waals surface area contributed by atoms with Gasteiger partial charge >= 0.3 is 0 Å². The summed E-state index contributed by atoms with van der Waals surface area (Å²) in [6.07, 6.45) is 0.503. The highest BCUT2D eigenvalue weighted by Gasteiger charge is 2.41. The molecule has 5 rings (SSSR count).